The predicted octanol–water partition coefficient (Wildman–Crippen LogP) is 4.10. The van der Waals surface area contributed by atoms with E-state index in [-0.39, 0.29) is 36.8 Å². The summed E-state index contributed by atoms with van der Waals surface area (Å²) in [7, 11) is 0. The van der Waals surface area contributed by atoms with Crippen molar-refractivity contribution in [3.05, 3.63) is 83.9 Å². The number of carboxylic acids is 1. The lowest BCUT2D eigenvalue weighted by Gasteiger charge is -2.19. The Kier molecular flexibility index (Phi) is 6.77. The summed E-state index contributed by atoms with van der Waals surface area (Å²) in [6.45, 7) is 0.0621. The van der Waals surface area contributed by atoms with Crippen LogP contribution in [0.5, 0.6) is 5.75 Å². The fourth-order valence-corrected chi connectivity index (χ4v) is 4.12. The van der Waals surface area contributed by atoms with Gasteiger partial charge in [0, 0.05) is 12.3 Å². The molecule has 0 bridgehead atoms. The van der Waals surface area contributed by atoms with Crippen LogP contribution in [-0.4, -0.2) is 40.8 Å². The maximum absolute atomic E-state index is 12.7. The van der Waals surface area contributed by atoms with E-state index in [0.29, 0.717) is 0 Å². The number of nitrogens with one attached hydrogen (secondary N) is 2. The fraction of sp³-hybridized carbons (Fsp3) is 0.192. The molecule has 8 nitrogen and oxygen atoms in total. The quantitative estimate of drug-likeness (QED) is 0.375. The van der Waals surface area contributed by atoms with E-state index in [1.54, 1.807) is 12.1 Å². The molecule has 0 saturated heterocycles. The number of alkyl carbamates (subject to hydrolysis) is 1. The van der Waals surface area contributed by atoms with Gasteiger partial charge in [0.25, 0.3) is 0 Å². The number of carbonyl (C=O) groups is 3. The van der Waals surface area contributed by atoms with Crippen LogP contribution in [0.25, 0.3) is 11.1 Å². The van der Waals surface area contributed by atoms with Gasteiger partial charge < -0.3 is 25.6 Å². The molecule has 34 heavy (non-hydrogen) atoms. The number of phenols is 1. The molecule has 2 amide bonds. The first kappa shape index (κ1) is 22.8. The standard InChI is InChI=1S/C26H24N2O6/c29-23-12-6-5-11-21(23)27-25(32)22(13-14-24(30)31)28-26(33)34-15-20-18-9-3-1-7-16(18)17-8-2-4-10-19(17)20/h1-12,20,22,29H,13-15H2,(H,27,32)(H,28,33)(H,30,31). The van der Waals surface area contributed by atoms with Crippen LogP contribution in [0.2, 0.25) is 0 Å². The van der Waals surface area contributed by atoms with Gasteiger partial charge in [0.1, 0.15) is 18.4 Å². The molecule has 1 unspecified atom stereocenters. The zero-order valence-corrected chi connectivity index (χ0v) is 18.2. The Bertz CT molecular complexity index is 1180. The van der Waals surface area contributed by atoms with Crippen molar-refractivity contribution in [1.82, 2.24) is 5.32 Å². The predicted molar refractivity (Wildman–Crippen MR) is 126 cm³/mol. The third-order valence-electron chi connectivity index (χ3n) is 5.76. The molecule has 4 N–H and O–H groups in total. The van der Waals surface area contributed by atoms with E-state index >= 15 is 0 Å². The summed E-state index contributed by atoms with van der Waals surface area (Å²) in [6, 6.07) is 20.8. The zero-order valence-electron chi connectivity index (χ0n) is 18.2. The number of hydrogen-bond donors (Lipinski definition) is 4. The molecule has 0 spiro atoms. The molecule has 0 radical (unpaired) electrons. The monoisotopic (exact) mass is 460 g/mol. The molecule has 0 heterocycles. The number of fused-ring (bicyclic) bond motifs is 3. The van der Waals surface area contributed by atoms with Gasteiger partial charge in [-0.3, -0.25) is 9.59 Å². The molecule has 1 aliphatic rings. The van der Waals surface area contributed by atoms with E-state index in [2.05, 4.69) is 10.6 Å². The van der Waals surface area contributed by atoms with Gasteiger partial charge in [0.2, 0.25) is 5.91 Å². The number of hydrogen-bond acceptors (Lipinski definition) is 5. The number of amides is 2. The van der Waals surface area contributed by atoms with Crippen molar-refractivity contribution in [1.29, 1.82) is 0 Å². The van der Waals surface area contributed by atoms with Crippen molar-refractivity contribution in [3.8, 4) is 16.9 Å². The van der Waals surface area contributed by atoms with Crippen LogP contribution < -0.4 is 10.6 Å². The van der Waals surface area contributed by atoms with Crippen molar-refractivity contribution in [2.45, 2.75) is 24.8 Å². The summed E-state index contributed by atoms with van der Waals surface area (Å²) in [5, 5.41) is 23.9. The first-order valence-corrected chi connectivity index (χ1v) is 10.9. The van der Waals surface area contributed by atoms with Crippen molar-refractivity contribution in [3.63, 3.8) is 0 Å². The number of aromatic hydroxyl groups is 1. The summed E-state index contributed by atoms with van der Waals surface area (Å²) < 4.78 is 5.47. The van der Waals surface area contributed by atoms with Crippen molar-refractivity contribution in [2.24, 2.45) is 0 Å². The molecule has 174 valence electrons. The average Bonchev–Trinajstić information content (AvgIpc) is 3.15. The number of para-hydroxylation sites is 2. The summed E-state index contributed by atoms with van der Waals surface area (Å²) in [6.07, 6.45) is -1.30. The topological polar surface area (TPSA) is 125 Å². The molecule has 0 aromatic heterocycles. The highest BCUT2D eigenvalue weighted by molar-refractivity contribution is 5.97. The number of anilines is 1. The van der Waals surface area contributed by atoms with E-state index < -0.39 is 24.0 Å². The highest BCUT2D eigenvalue weighted by atomic mass is 16.5. The maximum atomic E-state index is 12.7. The molecule has 8 heteroatoms. The number of phenolic OH excluding ortho intramolecular Hbond substituents is 1. The Morgan fingerprint density at radius 3 is 2.09 bits per heavy atom. The highest BCUT2D eigenvalue weighted by Crippen LogP contribution is 2.44. The summed E-state index contributed by atoms with van der Waals surface area (Å²) in [5.74, 6) is -2.05. The van der Waals surface area contributed by atoms with Crippen LogP contribution in [0.1, 0.15) is 29.9 Å². The average molecular weight is 460 g/mol. The largest absolute Gasteiger partial charge is 0.506 e. The second-order valence-corrected chi connectivity index (χ2v) is 7.96. The Morgan fingerprint density at radius 1 is 0.882 bits per heavy atom. The number of carboxylic acid groups (broad SMARTS) is 1. The third-order valence-corrected chi connectivity index (χ3v) is 5.76. The van der Waals surface area contributed by atoms with Gasteiger partial charge in [0.05, 0.1) is 5.69 Å². The Morgan fingerprint density at radius 2 is 1.47 bits per heavy atom. The van der Waals surface area contributed by atoms with Gasteiger partial charge in [-0.1, -0.05) is 60.7 Å². The Balaban J connectivity index is 1.43. The second-order valence-electron chi connectivity index (χ2n) is 7.96. The van der Waals surface area contributed by atoms with Gasteiger partial charge in [-0.15, -0.1) is 0 Å². The summed E-state index contributed by atoms with van der Waals surface area (Å²) >= 11 is 0. The van der Waals surface area contributed by atoms with E-state index in [4.69, 9.17) is 9.84 Å². The minimum absolute atomic E-state index is 0.0621. The lowest BCUT2D eigenvalue weighted by atomic mass is 9.98. The van der Waals surface area contributed by atoms with Crippen LogP contribution in [0.4, 0.5) is 10.5 Å². The molecule has 3 aromatic rings. The molecule has 1 atom stereocenters. The molecular formula is C26H24N2O6. The van der Waals surface area contributed by atoms with Crippen molar-refractivity contribution in [2.75, 3.05) is 11.9 Å². The number of ether oxygens (including phenoxy) is 1. The molecular weight excluding hydrogens is 436 g/mol. The minimum Gasteiger partial charge on any atom is -0.506 e. The van der Waals surface area contributed by atoms with Gasteiger partial charge in [-0.05, 0) is 40.8 Å². The van der Waals surface area contributed by atoms with Gasteiger partial charge in [-0.25, -0.2) is 4.79 Å². The number of carbonyl (C=O) groups excluding carboxylic acids is 2. The lowest BCUT2D eigenvalue weighted by Crippen LogP contribution is -2.44. The number of aliphatic carboxylic acids is 1. The van der Waals surface area contributed by atoms with Crippen LogP contribution >= 0.6 is 0 Å². The van der Waals surface area contributed by atoms with Crippen LogP contribution in [-0.2, 0) is 14.3 Å². The molecule has 1 aliphatic carbocycles. The number of benzene rings is 3. The zero-order chi connectivity index (χ0) is 24.1. The molecule has 0 aliphatic heterocycles. The smallest absolute Gasteiger partial charge is 0.407 e. The molecule has 0 saturated carbocycles. The van der Waals surface area contributed by atoms with Crippen molar-refractivity contribution < 1.29 is 29.3 Å². The van der Waals surface area contributed by atoms with E-state index in [0.717, 1.165) is 22.3 Å². The van der Waals surface area contributed by atoms with Crippen LogP contribution in [0.3, 0.4) is 0 Å². The first-order valence-electron chi connectivity index (χ1n) is 10.9. The summed E-state index contributed by atoms with van der Waals surface area (Å²) in [5.41, 5.74) is 4.44. The Hall–Kier alpha value is -4.33. The third kappa shape index (κ3) is 5.01. The molecule has 0 fully saturated rings. The lowest BCUT2D eigenvalue weighted by molar-refractivity contribution is -0.137. The minimum atomic E-state index is -1.16. The fourth-order valence-electron chi connectivity index (χ4n) is 4.12. The van der Waals surface area contributed by atoms with E-state index in [1.165, 1.54) is 12.1 Å². The second kappa shape index (κ2) is 10.1. The molecule has 4 rings (SSSR count). The SMILES string of the molecule is O=C(O)CCC(NC(=O)OCC1c2ccccc2-c2ccccc21)C(=O)Nc1ccccc1O. The van der Waals surface area contributed by atoms with Crippen LogP contribution in [0, 0.1) is 0 Å². The first-order chi connectivity index (χ1) is 16.4. The number of rotatable bonds is 8. The van der Waals surface area contributed by atoms with Crippen molar-refractivity contribution >= 4 is 23.7 Å². The van der Waals surface area contributed by atoms with E-state index in [1.807, 2.05) is 48.5 Å². The maximum Gasteiger partial charge on any atom is 0.407 e. The van der Waals surface area contributed by atoms with Gasteiger partial charge in [-0.2, -0.15) is 0 Å². The van der Waals surface area contributed by atoms with E-state index in [9.17, 15) is 19.5 Å². The Labute approximate surface area is 196 Å². The summed E-state index contributed by atoms with van der Waals surface area (Å²) in [4.78, 5) is 36.4. The van der Waals surface area contributed by atoms with Crippen LogP contribution in [0.15, 0.2) is 72.8 Å². The van der Waals surface area contributed by atoms with Gasteiger partial charge >= 0.3 is 12.1 Å². The highest BCUT2D eigenvalue weighted by Gasteiger charge is 2.30. The normalized spacial score (nSPS) is 12.8. The van der Waals surface area contributed by atoms with Gasteiger partial charge in [0.15, 0.2) is 0 Å². The molecule has 3 aromatic carbocycles.